The standard InChI is InChI=1S/C14H16F2S/c1-8(2)14(17-9(3)4)11-7-12(15)10(5)6-13(11)16/h6-7H,3H2,1-2,4-5H3. The molecule has 0 radical (unpaired) electrons. The minimum Gasteiger partial charge on any atom is -0.207 e. The molecule has 0 unspecified atom stereocenters. The maximum absolute atomic E-state index is 13.8. The van der Waals surface area contributed by atoms with Gasteiger partial charge in [-0.25, -0.2) is 8.78 Å². The average molecular weight is 254 g/mol. The van der Waals surface area contributed by atoms with E-state index in [1.54, 1.807) is 6.92 Å². The molecular formula is C14H16F2S. The summed E-state index contributed by atoms with van der Waals surface area (Å²) in [7, 11) is 0. The summed E-state index contributed by atoms with van der Waals surface area (Å²) in [6.45, 7) is 10.9. The molecule has 0 fully saturated rings. The molecule has 1 aromatic carbocycles. The van der Waals surface area contributed by atoms with Crippen LogP contribution in [-0.2, 0) is 0 Å². The highest BCUT2D eigenvalue weighted by Crippen LogP contribution is 2.37. The van der Waals surface area contributed by atoms with Crippen molar-refractivity contribution in [1.29, 1.82) is 0 Å². The van der Waals surface area contributed by atoms with Crippen molar-refractivity contribution < 1.29 is 8.78 Å². The Kier molecular flexibility index (Phi) is 4.52. The minimum absolute atomic E-state index is 0.307. The molecule has 0 amide bonds. The summed E-state index contributed by atoms with van der Waals surface area (Å²) in [5.74, 6) is -0.781. The van der Waals surface area contributed by atoms with Crippen LogP contribution < -0.4 is 0 Å². The summed E-state index contributed by atoms with van der Waals surface area (Å²) < 4.78 is 27.3. The molecule has 0 aliphatic heterocycles. The van der Waals surface area contributed by atoms with E-state index >= 15 is 0 Å². The van der Waals surface area contributed by atoms with E-state index in [0.717, 1.165) is 15.4 Å². The number of thioether (sulfide) groups is 1. The Hall–Kier alpha value is -1.09. The van der Waals surface area contributed by atoms with Crippen LogP contribution in [0.5, 0.6) is 0 Å². The fourth-order valence-electron chi connectivity index (χ4n) is 1.42. The van der Waals surface area contributed by atoms with E-state index < -0.39 is 5.82 Å². The van der Waals surface area contributed by atoms with E-state index in [1.807, 2.05) is 20.8 Å². The number of benzene rings is 1. The van der Waals surface area contributed by atoms with Crippen molar-refractivity contribution in [2.75, 3.05) is 0 Å². The summed E-state index contributed by atoms with van der Waals surface area (Å²) in [5.41, 5.74) is 1.57. The van der Waals surface area contributed by atoms with Gasteiger partial charge in [0.15, 0.2) is 0 Å². The summed E-state index contributed by atoms with van der Waals surface area (Å²) >= 11 is 1.37. The molecule has 0 aliphatic rings. The molecule has 92 valence electrons. The maximum atomic E-state index is 13.8. The zero-order chi connectivity index (χ0) is 13.2. The Morgan fingerprint density at radius 3 is 2.18 bits per heavy atom. The van der Waals surface area contributed by atoms with Gasteiger partial charge in [0, 0.05) is 10.5 Å². The first kappa shape index (κ1) is 14.0. The molecule has 0 atom stereocenters. The van der Waals surface area contributed by atoms with E-state index in [9.17, 15) is 8.78 Å². The lowest BCUT2D eigenvalue weighted by molar-refractivity contribution is 0.590. The third-order valence-corrected chi connectivity index (χ3v) is 3.40. The molecule has 17 heavy (non-hydrogen) atoms. The third-order valence-electron chi connectivity index (χ3n) is 2.22. The Bertz CT molecular complexity index is 483. The quantitative estimate of drug-likeness (QED) is 0.706. The topological polar surface area (TPSA) is 0 Å². The van der Waals surface area contributed by atoms with E-state index in [2.05, 4.69) is 6.58 Å². The van der Waals surface area contributed by atoms with Crippen molar-refractivity contribution in [1.82, 2.24) is 0 Å². The Labute approximate surface area is 105 Å². The van der Waals surface area contributed by atoms with Crippen LogP contribution in [0.25, 0.3) is 4.91 Å². The number of hydrogen-bond acceptors (Lipinski definition) is 1. The van der Waals surface area contributed by atoms with E-state index in [4.69, 9.17) is 0 Å². The smallest absolute Gasteiger partial charge is 0.132 e. The number of rotatable bonds is 3. The summed E-state index contributed by atoms with van der Waals surface area (Å²) in [5, 5.41) is 0. The number of halogens is 2. The molecule has 3 heteroatoms. The van der Waals surface area contributed by atoms with Crippen LogP contribution in [-0.4, -0.2) is 0 Å². The molecule has 0 spiro atoms. The van der Waals surface area contributed by atoms with Crippen molar-refractivity contribution >= 4 is 16.7 Å². The van der Waals surface area contributed by atoms with E-state index in [-0.39, 0.29) is 5.82 Å². The first-order valence-electron chi connectivity index (χ1n) is 5.29. The second kappa shape index (κ2) is 5.50. The summed E-state index contributed by atoms with van der Waals surface area (Å²) in [6, 6.07) is 2.48. The lowest BCUT2D eigenvalue weighted by Gasteiger charge is -2.12. The van der Waals surface area contributed by atoms with E-state index in [0.29, 0.717) is 11.1 Å². The van der Waals surface area contributed by atoms with Gasteiger partial charge in [-0.3, -0.25) is 0 Å². The van der Waals surface area contributed by atoms with E-state index in [1.165, 1.54) is 23.9 Å². The molecule has 0 aliphatic carbocycles. The van der Waals surface area contributed by atoms with Crippen LogP contribution in [0.4, 0.5) is 8.78 Å². The molecule has 0 nitrogen and oxygen atoms in total. The number of allylic oxidation sites excluding steroid dienone is 2. The molecule has 0 aromatic heterocycles. The van der Waals surface area contributed by atoms with Crippen molar-refractivity contribution in [3.05, 3.63) is 52.0 Å². The maximum Gasteiger partial charge on any atom is 0.132 e. The van der Waals surface area contributed by atoms with Crippen LogP contribution in [0.2, 0.25) is 0 Å². The molecule has 1 aromatic rings. The minimum atomic E-state index is -0.395. The normalized spacial score (nSPS) is 10.2. The molecular weight excluding hydrogens is 238 g/mol. The Balaban J connectivity index is 3.35. The van der Waals surface area contributed by atoms with Gasteiger partial charge in [-0.2, -0.15) is 0 Å². The fraction of sp³-hybridized carbons (Fsp3) is 0.286. The lowest BCUT2D eigenvalue weighted by Crippen LogP contribution is -1.94. The van der Waals surface area contributed by atoms with Crippen molar-refractivity contribution in [3.63, 3.8) is 0 Å². The van der Waals surface area contributed by atoms with Crippen molar-refractivity contribution in [3.8, 4) is 0 Å². The van der Waals surface area contributed by atoms with Gasteiger partial charge in [0.1, 0.15) is 11.6 Å². The van der Waals surface area contributed by atoms with Gasteiger partial charge in [0.25, 0.3) is 0 Å². The molecule has 0 N–H and O–H groups in total. The summed E-state index contributed by atoms with van der Waals surface area (Å²) in [4.78, 5) is 1.58. The third kappa shape index (κ3) is 3.43. The first-order valence-corrected chi connectivity index (χ1v) is 6.11. The van der Waals surface area contributed by atoms with Gasteiger partial charge in [0.2, 0.25) is 0 Å². The largest absolute Gasteiger partial charge is 0.207 e. The predicted molar refractivity (Wildman–Crippen MR) is 71.8 cm³/mol. The highest BCUT2D eigenvalue weighted by molar-refractivity contribution is 8.11. The van der Waals surface area contributed by atoms with Gasteiger partial charge in [0.05, 0.1) is 0 Å². The second-order valence-corrected chi connectivity index (χ2v) is 5.52. The average Bonchev–Trinajstić information content (AvgIpc) is 2.20. The predicted octanol–water partition coefficient (Wildman–Crippen LogP) is 5.29. The fourth-order valence-corrected chi connectivity index (χ4v) is 2.24. The molecule has 1 rings (SSSR count). The zero-order valence-corrected chi connectivity index (χ0v) is 11.3. The van der Waals surface area contributed by atoms with Gasteiger partial charge in [-0.1, -0.05) is 23.9 Å². The Morgan fingerprint density at radius 2 is 1.71 bits per heavy atom. The van der Waals surface area contributed by atoms with Gasteiger partial charge < -0.3 is 0 Å². The van der Waals surface area contributed by atoms with Crippen LogP contribution in [0.3, 0.4) is 0 Å². The van der Waals surface area contributed by atoms with Crippen LogP contribution >= 0.6 is 11.8 Å². The molecule has 0 bridgehead atoms. The van der Waals surface area contributed by atoms with Crippen LogP contribution in [0, 0.1) is 18.6 Å². The molecule has 0 heterocycles. The summed E-state index contributed by atoms with van der Waals surface area (Å²) in [6.07, 6.45) is 0. The number of hydrogen-bond donors (Lipinski definition) is 0. The monoisotopic (exact) mass is 254 g/mol. The van der Waals surface area contributed by atoms with Crippen LogP contribution in [0.15, 0.2) is 29.2 Å². The van der Waals surface area contributed by atoms with Crippen LogP contribution in [0.1, 0.15) is 31.9 Å². The van der Waals surface area contributed by atoms with Crippen molar-refractivity contribution in [2.24, 2.45) is 0 Å². The molecule has 0 saturated carbocycles. The Morgan fingerprint density at radius 1 is 1.12 bits per heavy atom. The SMILES string of the molecule is C=C(C)SC(=C(C)C)c1cc(F)c(C)cc1F. The lowest BCUT2D eigenvalue weighted by atomic mass is 10.1. The zero-order valence-electron chi connectivity index (χ0n) is 10.5. The highest BCUT2D eigenvalue weighted by Gasteiger charge is 2.13. The highest BCUT2D eigenvalue weighted by atomic mass is 32.2. The van der Waals surface area contributed by atoms with Crippen molar-refractivity contribution in [2.45, 2.75) is 27.7 Å². The van der Waals surface area contributed by atoms with Gasteiger partial charge in [-0.15, -0.1) is 0 Å². The second-order valence-electron chi connectivity index (χ2n) is 4.21. The molecule has 0 saturated heterocycles. The van der Waals surface area contributed by atoms with Gasteiger partial charge >= 0.3 is 0 Å². The first-order chi connectivity index (χ1) is 7.82. The van der Waals surface area contributed by atoms with Gasteiger partial charge in [-0.05, 0) is 50.3 Å². The number of aryl methyl sites for hydroxylation is 1.